The lowest BCUT2D eigenvalue weighted by Gasteiger charge is -2.21. The largest absolute Gasteiger partial charge is 0.381 e. The van der Waals surface area contributed by atoms with Gasteiger partial charge < -0.3 is 19.9 Å². The highest BCUT2D eigenvalue weighted by molar-refractivity contribution is 5.85. The van der Waals surface area contributed by atoms with E-state index in [0.717, 1.165) is 32.4 Å². The van der Waals surface area contributed by atoms with E-state index in [2.05, 4.69) is 17.1 Å². The molecule has 6 heteroatoms. The van der Waals surface area contributed by atoms with Gasteiger partial charge in [0.25, 0.3) is 0 Å². The van der Waals surface area contributed by atoms with Crippen LogP contribution in [-0.4, -0.2) is 73.6 Å². The second kappa shape index (κ2) is 9.88. The van der Waals surface area contributed by atoms with E-state index in [1.54, 1.807) is 0 Å². The minimum absolute atomic E-state index is 0.0230. The lowest BCUT2D eigenvalue weighted by molar-refractivity contribution is -0.133. The molecule has 2 heterocycles. The fraction of sp³-hybridized carbons (Fsp3) is 0.882. The molecule has 1 atom stereocenters. The van der Waals surface area contributed by atoms with Crippen molar-refractivity contribution in [2.75, 3.05) is 45.9 Å². The van der Waals surface area contributed by atoms with Crippen LogP contribution >= 0.6 is 0 Å². The van der Waals surface area contributed by atoms with Gasteiger partial charge in [-0.1, -0.05) is 0 Å². The van der Waals surface area contributed by atoms with Gasteiger partial charge in [-0.2, -0.15) is 0 Å². The fourth-order valence-corrected chi connectivity index (χ4v) is 3.33. The van der Waals surface area contributed by atoms with Gasteiger partial charge in [0, 0.05) is 32.2 Å². The maximum atomic E-state index is 12.0. The van der Waals surface area contributed by atoms with E-state index in [4.69, 9.17) is 4.74 Å². The van der Waals surface area contributed by atoms with Crippen LogP contribution in [0.2, 0.25) is 0 Å². The topological polar surface area (TPSA) is 61.9 Å². The Bertz CT molecular complexity index is 383. The molecule has 0 aliphatic carbocycles. The van der Waals surface area contributed by atoms with E-state index >= 15 is 0 Å². The number of hydrogen-bond donors (Lipinski definition) is 1. The molecule has 0 radical (unpaired) electrons. The molecule has 2 saturated heterocycles. The maximum absolute atomic E-state index is 12.0. The standard InChI is InChI=1S/C17H31N3O3/c1-15-6-4-11-20(15)17(22)14-18-16(21)7-13-23-12-5-10-19-8-2-3-9-19/h15H,2-14H2,1H3,(H,18,21)/t15-/m1/s1. The molecule has 6 nitrogen and oxygen atoms in total. The van der Waals surface area contributed by atoms with E-state index in [1.165, 1.54) is 25.9 Å². The van der Waals surface area contributed by atoms with Gasteiger partial charge in [0.15, 0.2) is 0 Å². The van der Waals surface area contributed by atoms with Crippen molar-refractivity contribution in [3.05, 3.63) is 0 Å². The predicted octanol–water partition coefficient (Wildman–Crippen LogP) is 1.01. The van der Waals surface area contributed by atoms with Crippen LogP contribution in [0.5, 0.6) is 0 Å². The summed E-state index contributed by atoms with van der Waals surface area (Å²) >= 11 is 0. The molecule has 23 heavy (non-hydrogen) atoms. The predicted molar refractivity (Wildman–Crippen MR) is 89.1 cm³/mol. The molecule has 0 spiro atoms. The Labute approximate surface area is 139 Å². The maximum Gasteiger partial charge on any atom is 0.242 e. The highest BCUT2D eigenvalue weighted by atomic mass is 16.5. The van der Waals surface area contributed by atoms with Crippen molar-refractivity contribution in [3.63, 3.8) is 0 Å². The van der Waals surface area contributed by atoms with E-state index in [0.29, 0.717) is 25.7 Å². The first kappa shape index (κ1) is 18.2. The van der Waals surface area contributed by atoms with E-state index in [-0.39, 0.29) is 18.4 Å². The lowest BCUT2D eigenvalue weighted by Crippen LogP contribution is -2.41. The Balaban J connectivity index is 1.44. The monoisotopic (exact) mass is 325 g/mol. The SMILES string of the molecule is C[C@@H]1CCCN1C(=O)CNC(=O)CCOCCCN1CCCC1. The number of nitrogens with zero attached hydrogens (tertiary/aromatic N) is 2. The Morgan fingerprint density at radius 2 is 1.91 bits per heavy atom. The zero-order valence-corrected chi connectivity index (χ0v) is 14.4. The first-order valence-corrected chi connectivity index (χ1v) is 9.03. The van der Waals surface area contributed by atoms with E-state index in [1.807, 2.05) is 4.90 Å². The zero-order chi connectivity index (χ0) is 16.5. The summed E-state index contributed by atoms with van der Waals surface area (Å²) < 4.78 is 5.50. The van der Waals surface area contributed by atoms with Gasteiger partial charge in [-0.25, -0.2) is 0 Å². The quantitative estimate of drug-likeness (QED) is 0.643. The number of ether oxygens (including phenoxy) is 1. The molecule has 2 aliphatic heterocycles. The molecule has 0 aromatic heterocycles. The van der Waals surface area contributed by atoms with Crippen molar-refractivity contribution in [2.24, 2.45) is 0 Å². The first-order chi connectivity index (χ1) is 11.2. The molecule has 1 N–H and O–H groups in total. The average Bonchev–Trinajstić information content (AvgIpc) is 3.19. The molecular formula is C17H31N3O3. The van der Waals surface area contributed by atoms with E-state index in [9.17, 15) is 9.59 Å². The van der Waals surface area contributed by atoms with Crippen LogP contribution in [-0.2, 0) is 14.3 Å². The Morgan fingerprint density at radius 1 is 1.13 bits per heavy atom. The van der Waals surface area contributed by atoms with Gasteiger partial charge in [0.1, 0.15) is 0 Å². The fourth-order valence-electron chi connectivity index (χ4n) is 3.33. The first-order valence-electron chi connectivity index (χ1n) is 9.03. The van der Waals surface area contributed by atoms with E-state index < -0.39 is 0 Å². The third-order valence-corrected chi connectivity index (χ3v) is 4.75. The number of nitrogens with one attached hydrogen (secondary N) is 1. The van der Waals surface area contributed by atoms with Gasteiger partial charge in [-0.15, -0.1) is 0 Å². The van der Waals surface area contributed by atoms with Crippen LogP contribution in [0.3, 0.4) is 0 Å². The molecule has 0 bridgehead atoms. The van der Waals surface area contributed by atoms with Crippen molar-refractivity contribution in [3.8, 4) is 0 Å². The summed E-state index contributed by atoms with van der Waals surface area (Å²) in [5.74, 6) is -0.0837. The van der Waals surface area contributed by atoms with Crippen LogP contribution in [0, 0.1) is 0 Å². The van der Waals surface area contributed by atoms with Crippen molar-refractivity contribution in [1.29, 1.82) is 0 Å². The summed E-state index contributed by atoms with van der Waals surface area (Å²) in [7, 11) is 0. The lowest BCUT2D eigenvalue weighted by atomic mass is 10.2. The minimum Gasteiger partial charge on any atom is -0.381 e. The van der Waals surface area contributed by atoms with Crippen molar-refractivity contribution in [2.45, 2.75) is 51.5 Å². The summed E-state index contributed by atoms with van der Waals surface area (Å²) in [6.07, 6.45) is 6.10. The number of hydrogen-bond acceptors (Lipinski definition) is 4. The second-order valence-electron chi connectivity index (χ2n) is 6.62. The highest BCUT2D eigenvalue weighted by Crippen LogP contribution is 2.15. The summed E-state index contributed by atoms with van der Waals surface area (Å²) in [6.45, 7) is 7.64. The summed E-state index contributed by atoms with van der Waals surface area (Å²) in [5.41, 5.74) is 0. The molecule has 2 fully saturated rings. The normalized spacial score (nSPS) is 21.8. The average molecular weight is 325 g/mol. The summed E-state index contributed by atoms with van der Waals surface area (Å²) in [4.78, 5) is 28.0. The third kappa shape index (κ3) is 6.47. The molecule has 2 rings (SSSR count). The molecule has 0 aromatic carbocycles. The van der Waals surface area contributed by atoms with Crippen molar-refractivity contribution >= 4 is 11.8 Å². The Hall–Kier alpha value is -1.14. The van der Waals surface area contributed by atoms with Gasteiger partial charge >= 0.3 is 0 Å². The van der Waals surface area contributed by atoms with Crippen LogP contribution in [0.15, 0.2) is 0 Å². The number of carbonyl (C=O) groups excluding carboxylic acids is 2. The van der Waals surface area contributed by atoms with Gasteiger partial charge in [-0.05, 0) is 52.1 Å². The number of rotatable bonds is 9. The van der Waals surface area contributed by atoms with Crippen LogP contribution < -0.4 is 5.32 Å². The molecule has 0 unspecified atom stereocenters. The molecule has 0 saturated carbocycles. The Morgan fingerprint density at radius 3 is 2.61 bits per heavy atom. The second-order valence-corrected chi connectivity index (χ2v) is 6.62. The molecule has 2 aliphatic rings. The summed E-state index contributed by atoms with van der Waals surface area (Å²) in [6, 6.07) is 0.304. The van der Waals surface area contributed by atoms with Crippen molar-refractivity contribution < 1.29 is 14.3 Å². The molecule has 132 valence electrons. The highest BCUT2D eigenvalue weighted by Gasteiger charge is 2.24. The molecule has 2 amide bonds. The number of carbonyl (C=O) groups is 2. The van der Waals surface area contributed by atoms with Gasteiger partial charge in [0.2, 0.25) is 11.8 Å². The number of amides is 2. The van der Waals surface area contributed by atoms with Crippen LogP contribution in [0.25, 0.3) is 0 Å². The van der Waals surface area contributed by atoms with Crippen LogP contribution in [0.1, 0.15) is 45.4 Å². The van der Waals surface area contributed by atoms with Gasteiger partial charge in [0.05, 0.1) is 13.2 Å². The van der Waals surface area contributed by atoms with Crippen molar-refractivity contribution in [1.82, 2.24) is 15.1 Å². The number of likely N-dealkylation sites (tertiary alicyclic amines) is 2. The molecular weight excluding hydrogens is 294 g/mol. The smallest absolute Gasteiger partial charge is 0.242 e. The molecule has 0 aromatic rings. The summed E-state index contributed by atoms with van der Waals surface area (Å²) in [5, 5.41) is 2.70. The van der Waals surface area contributed by atoms with Gasteiger partial charge in [-0.3, -0.25) is 9.59 Å². The third-order valence-electron chi connectivity index (χ3n) is 4.75. The Kier molecular flexibility index (Phi) is 7.82. The minimum atomic E-state index is -0.107. The van der Waals surface area contributed by atoms with Crippen LogP contribution in [0.4, 0.5) is 0 Å². The zero-order valence-electron chi connectivity index (χ0n) is 14.4.